The van der Waals surface area contributed by atoms with Crippen molar-refractivity contribution in [3.8, 4) is 0 Å². The highest BCUT2D eigenvalue weighted by molar-refractivity contribution is 5.63. The second-order valence-corrected chi connectivity index (χ2v) is 11.5. The first-order chi connectivity index (χ1) is 16.2. The average molecular weight is 454 g/mol. The van der Waals surface area contributed by atoms with Crippen LogP contribution in [0.2, 0.25) is 0 Å². The van der Waals surface area contributed by atoms with Crippen LogP contribution in [0.3, 0.4) is 0 Å². The van der Waals surface area contributed by atoms with Crippen molar-refractivity contribution < 1.29 is 4.74 Å². The van der Waals surface area contributed by atoms with Gasteiger partial charge in [-0.3, -0.25) is 4.90 Å². The molecule has 2 aliphatic carbocycles. The minimum absolute atomic E-state index is 0.446. The second kappa shape index (κ2) is 10.6. The van der Waals surface area contributed by atoms with Gasteiger partial charge < -0.3 is 14.5 Å². The smallest absolute Gasteiger partial charge is 0.0605 e. The molecule has 2 saturated carbocycles. The Morgan fingerprint density at radius 2 is 1.58 bits per heavy atom. The average Bonchev–Trinajstić information content (AvgIpc) is 3.63. The van der Waals surface area contributed by atoms with Crippen molar-refractivity contribution in [2.75, 3.05) is 62.7 Å². The van der Waals surface area contributed by atoms with E-state index in [9.17, 15) is 0 Å². The van der Waals surface area contributed by atoms with Gasteiger partial charge in [-0.1, -0.05) is 19.8 Å². The van der Waals surface area contributed by atoms with E-state index in [-0.39, 0.29) is 0 Å². The maximum absolute atomic E-state index is 5.62. The van der Waals surface area contributed by atoms with Crippen LogP contribution < -0.4 is 9.80 Å². The van der Waals surface area contributed by atoms with E-state index < -0.39 is 0 Å². The highest BCUT2D eigenvalue weighted by Gasteiger charge is 2.45. The largest absolute Gasteiger partial charge is 0.381 e. The van der Waals surface area contributed by atoms with Crippen LogP contribution in [0.25, 0.3) is 0 Å². The van der Waals surface area contributed by atoms with Gasteiger partial charge >= 0.3 is 0 Å². The highest BCUT2D eigenvalue weighted by atomic mass is 16.5. The van der Waals surface area contributed by atoms with Gasteiger partial charge in [0.15, 0.2) is 0 Å². The number of piperazine rings is 1. The van der Waals surface area contributed by atoms with Crippen LogP contribution in [0.5, 0.6) is 0 Å². The number of benzene rings is 1. The molecule has 0 atom stereocenters. The summed E-state index contributed by atoms with van der Waals surface area (Å²) >= 11 is 0. The molecule has 0 radical (unpaired) electrons. The number of anilines is 2. The number of unbranched alkanes of at least 4 members (excludes halogenated alkanes) is 2. The van der Waals surface area contributed by atoms with Crippen molar-refractivity contribution in [2.24, 2.45) is 5.41 Å². The lowest BCUT2D eigenvalue weighted by Gasteiger charge is -2.40. The van der Waals surface area contributed by atoms with Crippen molar-refractivity contribution in [1.29, 1.82) is 0 Å². The van der Waals surface area contributed by atoms with E-state index >= 15 is 0 Å². The second-order valence-electron chi connectivity index (χ2n) is 11.5. The van der Waals surface area contributed by atoms with Crippen LogP contribution in [-0.2, 0) is 4.74 Å². The van der Waals surface area contributed by atoms with Crippen LogP contribution in [0.1, 0.15) is 89.0 Å². The predicted octanol–water partition coefficient (Wildman–Crippen LogP) is 6.05. The summed E-state index contributed by atoms with van der Waals surface area (Å²) in [5.41, 5.74) is 5.43. The Morgan fingerprint density at radius 1 is 0.848 bits per heavy atom. The molecule has 2 saturated heterocycles. The number of piperidine rings is 1. The maximum atomic E-state index is 5.62. The predicted molar refractivity (Wildman–Crippen MR) is 140 cm³/mol. The molecule has 0 unspecified atom stereocenters. The third-order valence-corrected chi connectivity index (χ3v) is 9.39. The Balaban J connectivity index is 1.30. The Labute approximate surface area is 202 Å². The third-order valence-electron chi connectivity index (χ3n) is 9.39. The molecule has 2 heterocycles. The Bertz CT molecular complexity index is 750. The number of ether oxygens (including phenoxy) is 1. The molecule has 1 spiro atoms. The number of nitrogens with zero attached hydrogens (tertiary/aromatic N) is 3. The summed E-state index contributed by atoms with van der Waals surface area (Å²) in [7, 11) is 1.87. The van der Waals surface area contributed by atoms with Gasteiger partial charge in [0.05, 0.1) is 6.10 Å². The molecular formula is C29H47N3O. The van der Waals surface area contributed by atoms with Gasteiger partial charge in [-0.2, -0.15) is 0 Å². The minimum Gasteiger partial charge on any atom is -0.381 e. The van der Waals surface area contributed by atoms with E-state index in [0.717, 1.165) is 37.3 Å². The van der Waals surface area contributed by atoms with Crippen molar-refractivity contribution in [1.82, 2.24) is 4.90 Å². The van der Waals surface area contributed by atoms with Gasteiger partial charge in [0, 0.05) is 57.8 Å². The zero-order valence-corrected chi connectivity index (χ0v) is 21.4. The van der Waals surface area contributed by atoms with Gasteiger partial charge in [-0.25, -0.2) is 0 Å². The lowest BCUT2D eigenvalue weighted by atomic mass is 9.76. The van der Waals surface area contributed by atoms with E-state index in [1.54, 1.807) is 11.3 Å². The summed E-state index contributed by atoms with van der Waals surface area (Å²) in [6, 6.07) is 7.51. The monoisotopic (exact) mass is 453 g/mol. The van der Waals surface area contributed by atoms with E-state index in [0.29, 0.717) is 6.10 Å². The van der Waals surface area contributed by atoms with Crippen molar-refractivity contribution in [3.05, 3.63) is 23.8 Å². The van der Waals surface area contributed by atoms with Crippen LogP contribution in [0.4, 0.5) is 11.4 Å². The van der Waals surface area contributed by atoms with Crippen LogP contribution in [-0.4, -0.2) is 63.9 Å². The summed E-state index contributed by atoms with van der Waals surface area (Å²) < 4.78 is 5.62. The molecular weight excluding hydrogens is 406 g/mol. The van der Waals surface area contributed by atoms with E-state index in [2.05, 4.69) is 39.8 Å². The molecule has 0 bridgehead atoms. The van der Waals surface area contributed by atoms with Crippen molar-refractivity contribution in [3.63, 3.8) is 0 Å². The lowest BCUT2D eigenvalue weighted by Crippen LogP contribution is -2.47. The molecule has 2 aliphatic heterocycles. The molecule has 5 rings (SSSR count). The molecule has 1 aromatic rings. The third kappa shape index (κ3) is 5.53. The fourth-order valence-corrected chi connectivity index (χ4v) is 6.72. The first kappa shape index (κ1) is 23.5. The first-order valence-corrected chi connectivity index (χ1v) is 14.1. The molecule has 184 valence electrons. The zero-order valence-electron chi connectivity index (χ0n) is 21.4. The van der Waals surface area contributed by atoms with Gasteiger partial charge in [0.1, 0.15) is 0 Å². The summed E-state index contributed by atoms with van der Waals surface area (Å²) in [6.07, 6.45) is 15.5. The molecule has 4 fully saturated rings. The standard InChI is InChI=1S/C29H47N3O/c1-3-4-5-16-30-19-21-32(22-20-30)28-7-6-25(31-17-10-26(33-2)11-18-31)23-27(28)24-8-12-29(13-9-24)14-15-29/h6-7,23-24,26H,3-5,8-22H2,1-2H3. The van der Waals surface area contributed by atoms with Crippen LogP contribution in [0, 0.1) is 5.41 Å². The Kier molecular flexibility index (Phi) is 7.51. The topological polar surface area (TPSA) is 19.0 Å². The molecule has 0 amide bonds. The quantitative estimate of drug-likeness (QED) is 0.446. The Hall–Kier alpha value is -1.26. The highest BCUT2D eigenvalue weighted by Crippen LogP contribution is 2.59. The fraction of sp³-hybridized carbons (Fsp3) is 0.793. The molecule has 0 aromatic heterocycles. The van der Waals surface area contributed by atoms with Crippen molar-refractivity contribution in [2.45, 2.75) is 89.6 Å². The van der Waals surface area contributed by atoms with Gasteiger partial charge in [0.2, 0.25) is 0 Å². The molecule has 4 heteroatoms. The summed E-state index contributed by atoms with van der Waals surface area (Å²) in [5, 5.41) is 0. The number of rotatable bonds is 8. The summed E-state index contributed by atoms with van der Waals surface area (Å²) in [6.45, 7) is 10.7. The zero-order chi connectivity index (χ0) is 22.7. The molecule has 33 heavy (non-hydrogen) atoms. The molecule has 0 N–H and O–H groups in total. The molecule has 1 aromatic carbocycles. The van der Waals surface area contributed by atoms with E-state index in [1.807, 2.05) is 7.11 Å². The van der Waals surface area contributed by atoms with Gasteiger partial charge in [-0.05, 0) is 99.4 Å². The van der Waals surface area contributed by atoms with Crippen LogP contribution in [0.15, 0.2) is 18.2 Å². The maximum Gasteiger partial charge on any atom is 0.0605 e. The SMILES string of the molecule is CCCCCN1CCN(c2ccc(N3CCC(OC)CC3)cc2C2CCC3(CC2)CC3)CC1. The number of hydrogen-bond donors (Lipinski definition) is 0. The van der Waals surface area contributed by atoms with Crippen LogP contribution >= 0.6 is 0 Å². The fourth-order valence-electron chi connectivity index (χ4n) is 6.72. The molecule has 4 nitrogen and oxygen atoms in total. The normalized spacial score (nSPS) is 24.5. The Morgan fingerprint density at radius 3 is 2.21 bits per heavy atom. The van der Waals surface area contributed by atoms with E-state index in [4.69, 9.17) is 4.74 Å². The lowest BCUT2D eigenvalue weighted by molar-refractivity contribution is 0.0819. The van der Waals surface area contributed by atoms with Gasteiger partial charge in [-0.15, -0.1) is 0 Å². The summed E-state index contributed by atoms with van der Waals surface area (Å²) in [5.74, 6) is 0.755. The van der Waals surface area contributed by atoms with E-state index in [1.165, 1.54) is 96.2 Å². The molecule has 4 aliphatic rings. The summed E-state index contributed by atoms with van der Waals surface area (Å²) in [4.78, 5) is 8.02. The first-order valence-electron chi connectivity index (χ1n) is 14.1. The van der Waals surface area contributed by atoms with Gasteiger partial charge in [0.25, 0.3) is 0 Å². The minimum atomic E-state index is 0.446. The number of methoxy groups -OCH3 is 1. The number of hydrogen-bond acceptors (Lipinski definition) is 4. The van der Waals surface area contributed by atoms with Crippen molar-refractivity contribution >= 4 is 11.4 Å².